The molecule has 4 heteroatoms. The zero-order chi connectivity index (χ0) is 11.1. The van der Waals surface area contributed by atoms with Crippen molar-refractivity contribution in [1.82, 2.24) is 9.80 Å². The van der Waals surface area contributed by atoms with Crippen molar-refractivity contribution in [3.63, 3.8) is 0 Å². The molecule has 0 radical (unpaired) electrons. The van der Waals surface area contributed by atoms with Crippen molar-refractivity contribution in [3.8, 4) is 0 Å². The number of rotatable bonds is 3. The van der Waals surface area contributed by atoms with Crippen molar-refractivity contribution >= 4 is 5.91 Å². The summed E-state index contributed by atoms with van der Waals surface area (Å²) in [5.41, 5.74) is 5.39. The number of amides is 1. The monoisotopic (exact) mass is 211 g/mol. The first-order valence-corrected chi connectivity index (χ1v) is 5.78. The molecule has 86 valence electrons. The summed E-state index contributed by atoms with van der Waals surface area (Å²) in [5.74, 6) is 0.128. The second-order valence-corrected chi connectivity index (χ2v) is 5.12. The van der Waals surface area contributed by atoms with Crippen molar-refractivity contribution in [2.75, 3.05) is 27.2 Å². The SMILES string of the molecule is CN(CC1CCCN1C)C(=O)C1(N)CC1. The van der Waals surface area contributed by atoms with Crippen LogP contribution in [0.3, 0.4) is 0 Å². The van der Waals surface area contributed by atoms with Gasteiger partial charge in [0.25, 0.3) is 0 Å². The van der Waals surface area contributed by atoms with Crippen LogP contribution in [0.25, 0.3) is 0 Å². The number of carbonyl (C=O) groups excluding carboxylic acids is 1. The highest BCUT2D eigenvalue weighted by atomic mass is 16.2. The minimum Gasteiger partial charge on any atom is -0.343 e. The normalized spacial score (nSPS) is 29.1. The smallest absolute Gasteiger partial charge is 0.242 e. The van der Waals surface area contributed by atoms with E-state index in [0.29, 0.717) is 6.04 Å². The average Bonchev–Trinajstić information content (AvgIpc) is 2.83. The maximum atomic E-state index is 11.9. The van der Waals surface area contributed by atoms with E-state index in [1.807, 2.05) is 11.9 Å². The van der Waals surface area contributed by atoms with Gasteiger partial charge in [0, 0.05) is 19.6 Å². The highest BCUT2D eigenvalue weighted by Crippen LogP contribution is 2.34. The van der Waals surface area contributed by atoms with Gasteiger partial charge in [-0.15, -0.1) is 0 Å². The molecule has 15 heavy (non-hydrogen) atoms. The van der Waals surface area contributed by atoms with Gasteiger partial charge in [0.15, 0.2) is 0 Å². The van der Waals surface area contributed by atoms with Gasteiger partial charge < -0.3 is 15.5 Å². The lowest BCUT2D eigenvalue weighted by Crippen LogP contribution is -2.47. The lowest BCUT2D eigenvalue weighted by atomic mass is 10.2. The van der Waals surface area contributed by atoms with E-state index in [2.05, 4.69) is 11.9 Å². The van der Waals surface area contributed by atoms with Crippen LogP contribution in [0.1, 0.15) is 25.7 Å². The number of likely N-dealkylation sites (N-methyl/N-ethyl adjacent to an activating group) is 2. The van der Waals surface area contributed by atoms with Gasteiger partial charge in [0.1, 0.15) is 0 Å². The molecule has 2 fully saturated rings. The summed E-state index contributed by atoms with van der Waals surface area (Å²) in [5, 5.41) is 0. The maximum Gasteiger partial charge on any atom is 0.242 e. The standard InChI is InChI=1S/C11H21N3O/c1-13-7-3-4-9(13)8-14(2)10(15)11(12)5-6-11/h9H,3-8,12H2,1-2H3. The summed E-state index contributed by atoms with van der Waals surface area (Å²) in [6, 6.07) is 0.529. The van der Waals surface area contributed by atoms with Gasteiger partial charge >= 0.3 is 0 Å². The van der Waals surface area contributed by atoms with Crippen LogP contribution in [0.5, 0.6) is 0 Å². The highest BCUT2D eigenvalue weighted by molar-refractivity contribution is 5.88. The number of hydrogen-bond acceptors (Lipinski definition) is 3. The molecule has 1 saturated carbocycles. The van der Waals surface area contributed by atoms with E-state index < -0.39 is 5.54 Å². The van der Waals surface area contributed by atoms with Crippen LogP contribution in [0.2, 0.25) is 0 Å². The zero-order valence-corrected chi connectivity index (χ0v) is 9.70. The zero-order valence-electron chi connectivity index (χ0n) is 9.70. The summed E-state index contributed by atoms with van der Waals surface area (Å²) in [6.45, 7) is 1.98. The molecule has 0 aromatic carbocycles. The first-order valence-electron chi connectivity index (χ1n) is 5.78. The van der Waals surface area contributed by atoms with E-state index in [9.17, 15) is 4.79 Å². The number of nitrogens with zero attached hydrogens (tertiary/aromatic N) is 2. The molecule has 2 aliphatic rings. The molecular weight excluding hydrogens is 190 g/mol. The summed E-state index contributed by atoms with van der Waals surface area (Å²) < 4.78 is 0. The molecule has 1 unspecified atom stereocenters. The van der Waals surface area contributed by atoms with Gasteiger partial charge in [-0.2, -0.15) is 0 Å². The van der Waals surface area contributed by atoms with E-state index in [1.54, 1.807) is 0 Å². The maximum absolute atomic E-state index is 11.9. The summed E-state index contributed by atoms with van der Waals surface area (Å²) in [6.07, 6.45) is 4.16. The third-order valence-electron chi connectivity index (χ3n) is 3.72. The fourth-order valence-electron chi connectivity index (χ4n) is 2.34. The average molecular weight is 211 g/mol. The molecule has 1 atom stereocenters. The fourth-order valence-corrected chi connectivity index (χ4v) is 2.34. The Bertz CT molecular complexity index is 263. The Labute approximate surface area is 91.4 Å². The summed E-state index contributed by atoms with van der Waals surface area (Å²) >= 11 is 0. The predicted octanol–water partition coefficient (Wildman–Crippen LogP) is 0.0303. The minimum atomic E-state index is -0.508. The van der Waals surface area contributed by atoms with Crippen molar-refractivity contribution < 1.29 is 4.79 Å². The number of carbonyl (C=O) groups is 1. The van der Waals surface area contributed by atoms with Crippen LogP contribution in [0, 0.1) is 0 Å². The van der Waals surface area contributed by atoms with Crippen LogP contribution in [-0.4, -0.2) is 54.5 Å². The van der Waals surface area contributed by atoms with E-state index in [4.69, 9.17) is 5.73 Å². The van der Waals surface area contributed by atoms with Crippen molar-refractivity contribution in [1.29, 1.82) is 0 Å². The van der Waals surface area contributed by atoms with Gasteiger partial charge in [0.2, 0.25) is 5.91 Å². The van der Waals surface area contributed by atoms with Gasteiger partial charge in [-0.1, -0.05) is 0 Å². The molecule has 1 amide bonds. The Hall–Kier alpha value is -0.610. The Morgan fingerprint density at radius 2 is 2.27 bits per heavy atom. The first-order chi connectivity index (χ1) is 7.03. The van der Waals surface area contributed by atoms with Crippen LogP contribution in [0.4, 0.5) is 0 Å². The van der Waals surface area contributed by atoms with Crippen molar-refractivity contribution in [3.05, 3.63) is 0 Å². The van der Waals surface area contributed by atoms with Gasteiger partial charge in [0.05, 0.1) is 5.54 Å². The molecule has 4 nitrogen and oxygen atoms in total. The third-order valence-corrected chi connectivity index (χ3v) is 3.72. The summed E-state index contributed by atoms with van der Waals surface area (Å²) in [7, 11) is 4.01. The molecule has 0 aromatic rings. The molecule has 1 heterocycles. The van der Waals surface area contributed by atoms with Crippen LogP contribution in [-0.2, 0) is 4.79 Å². The topological polar surface area (TPSA) is 49.6 Å². The second-order valence-electron chi connectivity index (χ2n) is 5.12. The lowest BCUT2D eigenvalue weighted by Gasteiger charge is -2.27. The molecular formula is C11H21N3O. The molecule has 2 rings (SSSR count). The van der Waals surface area contributed by atoms with Gasteiger partial charge in [-0.25, -0.2) is 0 Å². The summed E-state index contributed by atoms with van der Waals surface area (Å²) in [4.78, 5) is 16.1. The van der Waals surface area contributed by atoms with Crippen molar-refractivity contribution in [2.24, 2.45) is 5.73 Å². The van der Waals surface area contributed by atoms with E-state index in [0.717, 1.165) is 25.9 Å². The Morgan fingerprint density at radius 1 is 1.60 bits per heavy atom. The molecule has 1 saturated heterocycles. The van der Waals surface area contributed by atoms with E-state index in [-0.39, 0.29) is 5.91 Å². The van der Waals surface area contributed by atoms with Crippen LogP contribution < -0.4 is 5.73 Å². The number of nitrogens with two attached hydrogens (primary N) is 1. The lowest BCUT2D eigenvalue weighted by molar-refractivity contribution is -0.132. The molecule has 0 aromatic heterocycles. The van der Waals surface area contributed by atoms with E-state index >= 15 is 0 Å². The Balaban J connectivity index is 1.86. The fraction of sp³-hybridized carbons (Fsp3) is 0.909. The van der Waals surface area contributed by atoms with Crippen molar-refractivity contribution in [2.45, 2.75) is 37.3 Å². The molecule has 1 aliphatic heterocycles. The van der Waals surface area contributed by atoms with Gasteiger partial charge in [-0.05, 0) is 39.3 Å². The van der Waals surface area contributed by atoms with Crippen LogP contribution in [0.15, 0.2) is 0 Å². The molecule has 2 N–H and O–H groups in total. The van der Waals surface area contributed by atoms with Crippen LogP contribution >= 0.6 is 0 Å². The van der Waals surface area contributed by atoms with Gasteiger partial charge in [-0.3, -0.25) is 4.79 Å². The third kappa shape index (κ3) is 2.16. The molecule has 0 spiro atoms. The second kappa shape index (κ2) is 3.76. The number of hydrogen-bond donors (Lipinski definition) is 1. The largest absolute Gasteiger partial charge is 0.343 e. The highest BCUT2D eigenvalue weighted by Gasteiger charge is 2.47. The minimum absolute atomic E-state index is 0.128. The molecule has 1 aliphatic carbocycles. The first kappa shape index (κ1) is 10.9. The number of likely N-dealkylation sites (tertiary alicyclic amines) is 1. The van der Waals surface area contributed by atoms with E-state index in [1.165, 1.54) is 12.8 Å². The Morgan fingerprint density at radius 3 is 2.73 bits per heavy atom. The quantitative estimate of drug-likeness (QED) is 0.716. The predicted molar refractivity (Wildman–Crippen MR) is 59.4 cm³/mol. The molecule has 0 bridgehead atoms. The Kier molecular flexibility index (Phi) is 2.73.